The molecule has 0 fully saturated rings. The van der Waals surface area contributed by atoms with Gasteiger partial charge in [0.1, 0.15) is 0 Å². The Balaban J connectivity index is 1.75. The molecule has 1 aliphatic rings. The number of rotatable bonds is 3. The van der Waals surface area contributed by atoms with Crippen molar-refractivity contribution in [3.05, 3.63) is 63.1 Å². The van der Waals surface area contributed by atoms with Gasteiger partial charge in [-0.3, -0.25) is 4.79 Å². The Bertz CT molecular complexity index is 908. The zero-order chi connectivity index (χ0) is 19.8. The van der Waals surface area contributed by atoms with Crippen LogP contribution in [0.5, 0.6) is 0 Å². The summed E-state index contributed by atoms with van der Waals surface area (Å²) in [4.78, 5) is 14.5. The fraction of sp³-hybridized carbons (Fsp3) is 0.333. The Labute approximate surface area is 170 Å². The third-order valence-corrected chi connectivity index (χ3v) is 5.76. The number of benzene rings is 2. The van der Waals surface area contributed by atoms with Gasteiger partial charge in [0.2, 0.25) is 0 Å². The van der Waals surface area contributed by atoms with E-state index in [4.69, 9.17) is 23.2 Å². The molecule has 0 bridgehead atoms. The SMILES string of the molecule is C[C@H]1CC(C)(C)N(C)c2ccc(/C=N\NC(=O)c3ccc(Cl)cc3Cl)cc21. The van der Waals surface area contributed by atoms with E-state index >= 15 is 0 Å². The summed E-state index contributed by atoms with van der Waals surface area (Å²) in [6.45, 7) is 6.78. The molecule has 0 aromatic heterocycles. The number of halogens is 2. The quantitative estimate of drug-likeness (QED) is 0.544. The molecular weight excluding hydrogens is 381 g/mol. The second-order valence-corrected chi connectivity index (χ2v) is 8.46. The molecule has 1 heterocycles. The van der Waals surface area contributed by atoms with Crippen molar-refractivity contribution in [2.24, 2.45) is 5.10 Å². The number of hydrogen-bond donors (Lipinski definition) is 1. The van der Waals surface area contributed by atoms with Crippen molar-refractivity contribution in [1.82, 2.24) is 5.43 Å². The van der Waals surface area contributed by atoms with Crippen LogP contribution in [0.3, 0.4) is 0 Å². The number of carbonyl (C=O) groups excluding carboxylic acids is 1. The lowest BCUT2D eigenvalue weighted by Crippen LogP contribution is -2.45. The summed E-state index contributed by atoms with van der Waals surface area (Å²) in [5.74, 6) is 0.0859. The van der Waals surface area contributed by atoms with E-state index in [1.807, 2.05) is 6.07 Å². The minimum Gasteiger partial charge on any atom is -0.369 e. The summed E-state index contributed by atoms with van der Waals surface area (Å²) >= 11 is 11.9. The maximum Gasteiger partial charge on any atom is 0.272 e. The van der Waals surface area contributed by atoms with Crippen molar-refractivity contribution in [1.29, 1.82) is 0 Å². The average Bonchev–Trinajstić information content (AvgIpc) is 2.59. The summed E-state index contributed by atoms with van der Waals surface area (Å²) in [6, 6.07) is 11.0. The fourth-order valence-corrected chi connectivity index (χ4v) is 4.07. The number of hydrazone groups is 1. The molecule has 2 aromatic carbocycles. The van der Waals surface area contributed by atoms with E-state index in [0.29, 0.717) is 21.5 Å². The van der Waals surface area contributed by atoms with Gasteiger partial charge in [-0.2, -0.15) is 5.10 Å². The van der Waals surface area contributed by atoms with E-state index in [2.05, 4.69) is 55.4 Å². The average molecular weight is 404 g/mol. The maximum atomic E-state index is 12.2. The first kappa shape index (κ1) is 19.7. The molecule has 142 valence electrons. The summed E-state index contributed by atoms with van der Waals surface area (Å²) in [6.07, 6.45) is 2.73. The molecule has 1 atom stereocenters. The minimum atomic E-state index is -0.374. The number of nitrogens with one attached hydrogen (secondary N) is 1. The Morgan fingerprint density at radius 1 is 1.26 bits per heavy atom. The third kappa shape index (κ3) is 4.12. The van der Waals surface area contributed by atoms with Gasteiger partial charge in [0, 0.05) is 23.3 Å². The number of amides is 1. The normalized spacial score (nSPS) is 18.4. The Morgan fingerprint density at radius 2 is 2.00 bits per heavy atom. The monoisotopic (exact) mass is 403 g/mol. The molecule has 0 radical (unpaired) electrons. The number of fused-ring (bicyclic) bond motifs is 1. The molecule has 0 unspecified atom stereocenters. The van der Waals surface area contributed by atoms with Gasteiger partial charge in [0.05, 0.1) is 16.8 Å². The van der Waals surface area contributed by atoms with Gasteiger partial charge in [-0.15, -0.1) is 0 Å². The van der Waals surface area contributed by atoms with Gasteiger partial charge in [0.15, 0.2) is 0 Å². The first-order chi connectivity index (χ1) is 12.7. The molecule has 3 rings (SSSR count). The lowest BCUT2D eigenvalue weighted by atomic mass is 9.80. The Morgan fingerprint density at radius 3 is 2.70 bits per heavy atom. The first-order valence-electron chi connectivity index (χ1n) is 8.85. The van der Waals surface area contributed by atoms with Crippen molar-refractivity contribution < 1.29 is 4.79 Å². The van der Waals surface area contributed by atoms with Crippen molar-refractivity contribution >= 4 is 41.0 Å². The van der Waals surface area contributed by atoms with Gasteiger partial charge in [-0.05, 0) is 67.6 Å². The standard InChI is InChI=1S/C21H23Cl2N3O/c1-13-11-21(2,3)26(4)19-8-5-14(9-17(13)19)12-24-25-20(27)16-7-6-15(22)10-18(16)23/h5-10,12-13H,11H2,1-4H3,(H,25,27)/b24-12-/t13-/m0/s1. The predicted molar refractivity (Wildman–Crippen MR) is 113 cm³/mol. The zero-order valence-corrected chi connectivity index (χ0v) is 17.4. The van der Waals surface area contributed by atoms with Crippen LogP contribution in [0.25, 0.3) is 0 Å². The summed E-state index contributed by atoms with van der Waals surface area (Å²) < 4.78 is 0. The van der Waals surface area contributed by atoms with E-state index in [1.165, 1.54) is 17.3 Å². The molecule has 4 nitrogen and oxygen atoms in total. The summed E-state index contributed by atoms with van der Waals surface area (Å²) in [5.41, 5.74) is 6.46. The molecule has 1 amide bonds. The number of anilines is 1. The predicted octanol–water partition coefficient (Wildman–Crippen LogP) is 5.48. The maximum absolute atomic E-state index is 12.2. The van der Waals surface area contributed by atoms with Crippen LogP contribution in [0.4, 0.5) is 5.69 Å². The topological polar surface area (TPSA) is 44.7 Å². The van der Waals surface area contributed by atoms with Crippen molar-refractivity contribution in [2.75, 3.05) is 11.9 Å². The van der Waals surface area contributed by atoms with Crippen LogP contribution in [0.15, 0.2) is 41.5 Å². The third-order valence-electron chi connectivity index (χ3n) is 5.21. The van der Waals surface area contributed by atoms with E-state index in [-0.39, 0.29) is 11.4 Å². The Hall–Kier alpha value is -2.04. The van der Waals surface area contributed by atoms with Crippen LogP contribution < -0.4 is 10.3 Å². The highest BCUT2D eigenvalue weighted by molar-refractivity contribution is 6.36. The smallest absolute Gasteiger partial charge is 0.272 e. The highest BCUT2D eigenvalue weighted by Gasteiger charge is 2.33. The van der Waals surface area contributed by atoms with Gasteiger partial charge < -0.3 is 4.90 Å². The second-order valence-electron chi connectivity index (χ2n) is 7.62. The van der Waals surface area contributed by atoms with Crippen LogP contribution in [0, 0.1) is 0 Å². The van der Waals surface area contributed by atoms with Crippen LogP contribution in [0.2, 0.25) is 10.0 Å². The molecule has 0 saturated carbocycles. The molecule has 27 heavy (non-hydrogen) atoms. The molecule has 0 aliphatic carbocycles. The molecule has 6 heteroatoms. The minimum absolute atomic E-state index is 0.133. The summed E-state index contributed by atoms with van der Waals surface area (Å²) in [7, 11) is 2.13. The van der Waals surface area contributed by atoms with E-state index in [9.17, 15) is 4.79 Å². The lowest BCUT2D eigenvalue weighted by molar-refractivity contribution is 0.0955. The molecule has 1 N–H and O–H groups in total. The molecule has 2 aromatic rings. The van der Waals surface area contributed by atoms with Crippen molar-refractivity contribution in [3.8, 4) is 0 Å². The highest BCUT2D eigenvalue weighted by atomic mass is 35.5. The highest BCUT2D eigenvalue weighted by Crippen LogP contribution is 2.42. The van der Waals surface area contributed by atoms with Gasteiger partial charge in [0.25, 0.3) is 5.91 Å². The van der Waals surface area contributed by atoms with Gasteiger partial charge in [-0.1, -0.05) is 36.2 Å². The van der Waals surface area contributed by atoms with Crippen molar-refractivity contribution in [2.45, 2.75) is 38.6 Å². The van der Waals surface area contributed by atoms with E-state index < -0.39 is 0 Å². The van der Waals surface area contributed by atoms with Crippen LogP contribution in [-0.2, 0) is 0 Å². The van der Waals surface area contributed by atoms with Gasteiger partial charge in [-0.25, -0.2) is 5.43 Å². The van der Waals surface area contributed by atoms with Crippen LogP contribution in [-0.4, -0.2) is 24.7 Å². The molecular formula is C21H23Cl2N3O. The fourth-order valence-electron chi connectivity index (χ4n) is 3.58. The molecule has 0 spiro atoms. The molecule has 1 aliphatic heterocycles. The number of carbonyl (C=O) groups is 1. The number of nitrogens with zero attached hydrogens (tertiary/aromatic N) is 2. The van der Waals surface area contributed by atoms with Crippen molar-refractivity contribution in [3.63, 3.8) is 0 Å². The van der Waals surface area contributed by atoms with Crippen LogP contribution in [0.1, 0.15) is 54.6 Å². The van der Waals surface area contributed by atoms with E-state index in [0.717, 1.165) is 12.0 Å². The van der Waals surface area contributed by atoms with E-state index in [1.54, 1.807) is 18.3 Å². The van der Waals surface area contributed by atoms with Crippen LogP contribution >= 0.6 is 23.2 Å². The first-order valence-corrected chi connectivity index (χ1v) is 9.61. The zero-order valence-electron chi connectivity index (χ0n) is 15.9. The van der Waals surface area contributed by atoms with Gasteiger partial charge >= 0.3 is 0 Å². The second kappa shape index (κ2) is 7.53. The largest absolute Gasteiger partial charge is 0.369 e. The summed E-state index contributed by atoms with van der Waals surface area (Å²) in [5, 5.41) is 4.85. The lowest BCUT2D eigenvalue weighted by Gasteiger charge is -2.45. The number of hydrogen-bond acceptors (Lipinski definition) is 3. The molecule has 0 saturated heterocycles. The Kier molecular flexibility index (Phi) is 5.50.